The van der Waals surface area contributed by atoms with Crippen molar-refractivity contribution in [1.29, 1.82) is 0 Å². The van der Waals surface area contributed by atoms with Gasteiger partial charge in [0.05, 0.1) is 18.4 Å². The van der Waals surface area contributed by atoms with Crippen LogP contribution in [0.2, 0.25) is 0 Å². The Morgan fingerprint density at radius 1 is 0.943 bits per heavy atom. The molecule has 0 aliphatic heterocycles. The van der Waals surface area contributed by atoms with Gasteiger partial charge in [0.1, 0.15) is 6.61 Å². The molecule has 2 aliphatic carbocycles. The predicted molar refractivity (Wildman–Crippen MR) is 130 cm³/mol. The van der Waals surface area contributed by atoms with Gasteiger partial charge in [0.2, 0.25) is 5.91 Å². The molecule has 0 bridgehead atoms. The van der Waals surface area contributed by atoms with Crippen molar-refractivity contribution in [3.63, 3.8) is 0 Å². The van der Waals surface area contributed by atoms with E-state index in [-0.39, 0.29) is 25.5 Å². The second-order valence-corrected chi connectivity index (χ2v) is 9.32. The molecule has 4 rings (SSSR count). The largest absolute Gasteiger partial charge is 0.481 e. The molecule has 0 heterocycles. The number of aliphatic hydroxyl groups is 1. The van der Waals surface area contributed by atoms with E-state index < -0.39 is 36.0 Å². The van der Waals surface area contributed by atoms with Crippen LogP contribution in [0.4, 0.5) is 4.79 Å². The Morgan fingerprint density at radius 2 is 1.57 bits per heavy atom. The summed E-state index contributed by atoms with van der Waals surface area (Å²) in [5.41, 5.74) is 4.49. The summed E-state index contributed by atoms with van der Waals surface area (Å²) < 4.78 is 5.44. The molecule has 1 unspecified atom stereocenters. The number of hydrogen-bond acceptors (Lipinski definition) is 5. The Hall–Kier alpha value is -3.39. The Balaban J connectivity index is 1.23. The highest BCUT2D eigenvalue weighted by Crippen LogP contribution is 2.44. The standard InChI is InChI=1S/C27H32N2O6/c30-17(14-25(31)29-24-13-3-1-2-12-22(24)26(32)33)15-28-27(34)35-16-23-20-10-6-4-8-18(20)19-9-5-7-11-21(19)23/h4-11,17,22-24,30H,1-3,12-16H2,(H,28,34)(H,29,31)(H,32,33)/t17?,22-,24+/m0/s1. The second kappa shape index (κ2) is 11.4. The number of aliphatic carboxylic acids is 1. The molecular formula is C27H32N2O6. The van der Waals surface area contributed by atoms with Gasteiger partial charge in [-0.05, 0) is 35.1 Å². The molecular weight excluding hydrogens is 448 g/mol. The number of fused-ring (bicyclic) bond motifs is 3. The van der Waals surface area contributed by atoms with Gasteiger partial charge < -0.3 is 25.6 Å². The average molecular weight is 481 g/mol. The molecule has 1 saturated carbocycles. The first-order valence-corrected chi connectivity index (χ1v) is 12.2. The van der Waals surface area contributed by atoms with Gasteiger partial charge in [-0.1, -0.05) is 67.8 Å². The molecule has 4 N–H and O–H groups in total. The molecule has 8 nitrogen and oxygen atoms in total. The summed E-state index contributed by atoms with van der Waals surface area (Å²) in [5, 5.41) is 25.0. The summed E-state index contributed by atoms with van der Waals surface area (Å²) in [5.74, 6) is -2.01. The van der Waals surface area contributed by atoms with Crippen molar-refractivity contribution in [3.05, 3.63) is 59.7 Å². The average Bonchev–Trinajstić information content (AvgIpc) is 2.97. The fourth-order valence-corrected chi connectivity index (χ4v) is 5.18. The highest BCUT2D eigenvalue weighted by molar-refractivity contribution is 5.80. The van der Waals surface area contributed by atoms with Crippen molar-refractivity contribution in [2.75, 3.05) is 13.2 Å². The number of carboxylic acids is 1. The van der Waals surface area contributed by atoms with E-state index in [4.69, 9.17) is 4.74 Å². The van der Waals surface area contributed by atoms with Gasteiger partial charge in [-0.25, -0.2) is 4.79 Å². The number of benzene rings is 2. The zero-order valence-electron chi connectivity index (χ0n) is 19.6. The highest BCUT2D eigenvalue weighted by Gasteiger charge is 2.31. The van der Waals surface area contributed by atoms with Gasteiger partial charge in [0.25, 0.3) is 0 Å². The van der Waals surface area contributed by atoms with Crippen LogP contribution >= 0.6 is 0 Å². The summed E-state index contributed by atoms with van der Waals surface area (Å²) in [7, 11) is 0. The van der Waals surface area contributed by atoms with Crippen LogP contribution in [-0.4, -0.2) is 53.5 Å². The highest BCUT2D eigenvalue weighted by atomic mass is 16.5. The van der Waals surface area contributed by atoms with E-state index in [2.05, 4.69) is 22.8 Å². The van der Waals surface area contributed by atoms with Crippen LogP contribution in [-0.2, 0) is 14.3 Å². The maximum absolute atomic E-state index is 12.4. The molecule has 2 aromatic carbocycles. The normalized spacial score (nSPS) is 20.1. The van der Waals surface area contributed by atoms with Gasteiger partial charge in [0, 0.05) is 18.5 Å². The van der Waals surface area contributed by atoms with Crippen LogP contribution in [0.25, 0.3) is 11.1 Å². The summed E-state index contributed by atoms with van der Waals surface area (Å²) in [6, 6.07) is 15.7. The number of alkyl carbamates (subject to hydrolysis) is 1. The summed E-state index contributed by atoms with van der Waals surface area (Å²) in [6.45, 7) is 0.0197. The number of amides is 2. The van der Waals surface area contributed by atoms with E-state index >= 15 is 0 Å². The quantitative estimate of drug-likeness (QED) is 0.429. The van der Waals surface area contributed by atoms with Crippen LogP contribution in [0, 0.1) is 5.92 Å². The molecule has 2 aromatic rings. The third-order valence-electron chi connectivity index (χ3n) is 6.93. The van der Waals surface area contributed by atoms with Gasteiger partial charge in [0.15, 0.2) is 0 Å². The summed E-state index contributed by atoms with van der Waals surface area (Å²) in [4.78, 5) is 36.2. The number of ether oxygens (including phenoxy) is 1. The van der Waals surface area contributed by atoms with Crippen molar-refractivity contribution < 1.29 is 29.3 Å². The predicted octanol–water partition coefficient (Wildman–Crippen LogP) is 3.43. The van der Waals surface area contributed by atoms with Crippen molar-refractivity contribution in [2.45, 2.75) is 56.6 Å². The number of carbonyl (C=O) groups excluding carboxylic acids is 2. The van der Waals surface area contributed by atoms with Crippen molar-refractivity contribution in [3.8, 4) is 11.1 Å². The minimum atomic E-state index is -1.11. The zero-order valence-corrected chi connectivity index (χ0v) is 19.6. The van der Waals surface area contributed by atoms with E-state index in [1.165, 1.54) is 0 Å². The number of carboxylic acid groups (broad SMARTS) is 1. The van der Waals surface area contributed by atoms with Gasteiger partial charge in [-0.3, -0.25) is 9.59 Å². The number of nitrogens with one attached hydrogen (secondary N) is 2. The smallest absolute Gasteiger partial charge is 0.407 e. The molecule has 2 amide bonds. The van der Waals surface area contributed by atoms with Crippen molar-refractivity contribution in [2.24, 2.45) is 5.92 Å². The molecule has 0 radical (unpaired) electrons. The van der Waals surface area contributed by atoms with E-state index in [1.807, 2.05) is 36.4 Å². The van der Waals surface area contributed by atoms with Crippen LogP contribution in [0.3, 0.4) is 0 Å². The topological polar surface area (TPSA) is 125 Å². The Labute approximate surface area is 204 Å². The second-order valence-electron chi connectivity index (χ2n) is 9.32. The molecule has 0 saturated heterocycles. The number of carbonyl (C=O) groups is 3. The molecule has 0 spiro atoms. The SMILES string of the molecule is O=C(CC(O)CNC(=O)OCC1c2ccccc2-c2ccccc21)N[C@@H]1CCCCC[C@@H]1C(=O)O. The molecule has 8 heteroatoms. The maximum Gasteiger partial charge on any atom is 0.407 e. The number of aliphatic hydroxyl groups excluding tert-OH is 1. The van der Waals surface area contributed by atoms with E-state index in [0.29, 0.717) is 12.8 Å². The van der Waals surface area contributed by atoms with Gasteiger partial charge in [-0.2, -0.15) is 0 Å². The van der Waals surface area contributed by atoms with Gasteiger partial charge >= 0.3 is 12.1 Å². The lowest BCUT2D eigenvalue weighted by molar-refractivity contribution is -0.143. The summed E-state index contributed by atoms with van der Waals surface area (Å²) in [6.07, 6.45) is 1.78. The zero-order chi connectivity index (χ0) is 24.8. The lowest BCUT2D eigenvalue weighted by Crippen LogP contribution is -2.44. The first-order chi connectivity index (χ1) is 16.9. The molecule has 3 atom stereocenters. The van der Waals surface area contributed by atoms with Crippen molar-refractivity contribution >= 4 is 18.0 Å². The Kier molecular flexibility index (Phi) is 8.02. The third-order valence-corrected chi connectivity index (χ3v) is 6.93. The van der Waals surface area contributed by atoms with Crippen LogP contribution in [0.5, 0.6) is 0 Å². The number of hydrogen-bond donors (Lipinski definition) is 4. The molecule has 35 heavy (non-hydrogen) atoms. The monoisotopic (exact) mass is 480 g/mol. The van der Waals surface area contributed by atoms with Crippen LogP contribution in [0.1, 0.15) is 55.6 Å². The lowest BCUT2D eigenvalue weighted by atomic mass is 9.94. The summed E-state index contributed by atoms with van der Waals surface area (Å²) >= 11 is 0. The lowest BCUT2D eigenvalue weighted by Gasteiger charge is -2.23. The fraction of sp³-hybridized carbons (Fsp3) is 0.444. The minimum Gasteiger partial charge on any atom is -0.481 e. The minimum absolute atomic E-state index is 0.0643. The first-order valence-electron chi connectivity index (χ1n) is 12.2. The fourth-order valence-electron chi connectivity index (χ4n) is 5.18. The van der Waals surface area contributed by atoms with Crippen LogP contribution in [0.15, 0.2) is 48.5 Å². The Morgan fingerprint density at radius 3 is 2.23 bits per heavy atom. The van der Waals surface area contributed by atoms with Crippen molar-refractivity contribution in [1.82, 2.24) is 10.6 Å². The molecule has 1 fully saturated rings. The maximum atomic E-state index is 12.4. The molecule has 2 aliphatic rings. The third kappa shape index (κ3) is 6.00. The first kappa shape index (κ1) is 24.7. The molecule has 0 aromatic heterocycles. The van der Waals surface area contributed by atoms with Gasteiger partial charge in [-0.15, -0.1) is 0 Å². The van der Waals surface area contributed by atoms with Crippen LogP contribution < -0.4 is 10.6 Å². The van der Waals surface area contributed by atoms with E-state index in [9.17, 15) is 24.6 Å². The Bertz CT molecular complexity index is 1030. The number of rotatable bonds is 8. The van der Waals surface area contributed by atoms with E-state index in [1.54, 1.807) is 0 Å². The molecule has 186 valence electrons. The van der Waals surface area contributed by atoms with E-state index in [0.717, 1.165) is 41.5 Å².